The van der Waals surface area contributed by atoms with Crippen LogP contribution in [0.4, 0.5) is 4.39 Å². The van der Waals surface area contributed by atoms with Gasteiger partial charge in [-0.05, 0) is 6.07 Å². The van der Waals surface area contributed by atoms with Gasteiger partial charge in [-0.25, -0.2) is 9.18 Å². The van der Waals surface area contributed by atoms with Crippen LogP contribution >= 0.6 is 0 Å². The molecule has 0 spiro atoms. The molecule has 0 saturated heterocycles. The van der Waals surface area contributed by atoms with Crippen molar-refractivity contribution in [3.63, 3.8) is 0 Å². The van der Waals surface area contributed by atoms with Crippen LogP contribution in [-0.2, 0) is 7.05 Å². The first-order chi connectivity index (χ1) is 7.59. The zero-order valence-corrected chi connectivity index (χ0v) is 8.51. The van der Waals surface area contributed by atoms with Gasteiger partial charge in [0.05, 0.1) is 11.8 Å². The highest BCUT2D eigenvalue weighted by Gasteiger charge is 2.15. The zero-order chi connectivity index (χ0) is 11.7. The maximum atomic E-state index is 13.8. The van der Waals surface area contributed by atoms with E-state index in [9.17, 15) is 9.18 Å². The van der Waals surface area contributed by atoms with Crippen LogP contribution in [0.25, 0.3) is 11.1 Å². The Morgan fingerprint density at radius 1 is 1.50 bits per heavy atom. The molecule has 0 atom stereocenters. The number of aromatic carboxylic acids is 1. The molecule has 2 aromatic rings. The highest BCUT2D eigenvalue weighted by atomic mass is 19.1. The molecule has 0 fully saturated rings. The fourth-order valence-corrected chi connectivity index (χ4v) is 1.48. The summed E-state index contributed by atoms with van der Waals surface area (Å²) in [5.74, 6) is -2.01. The fraction of sp³-hybridized carbons (Fsp3) is 0.0909. The number of halogens is 1. The monoisotopic (exact) mass is 220 g/mol. The molecule has 2 rings (SSSR count). The first-order valence-electron chi connectivity index (χ1n) is 4.60. The second-order valence-corrected chi connectivity index (χ2v) is 3.37. The Morgan fingerprint density at radius 2 is 2.25 bits per heavy atom. The third kappa shape index (κ3) is 1.67. The Bertz CT molecular complexity index is 549. The second-order valence-electron chi connectivity index (χ2n) is 3.37. The molecule has 82 valence electrons. The van der Waals surface area contributed by atoms with E-state index in [1.54, 1.807) is 13.2 Å². The van der Waals surface area contributed by atoms with E-state index in [4.69, 9.17) is 5.11 Å². The molecule has 0 amide bonds. The van der Waals surface area contributed by atoms with Crippen LogP contribution in [0.2, 0.25) is 0 Å². The number of aryl methyl sites for hydroxylation is 1. The smallest absolute Gasteiger partial charge is 0.338 e. The Hall–Kier alpha value is -2.17. The number of carboxylic acids is 1. The molecule has 1 aromatic heterocycles. The Morgan fingerprint density at radius 3 is 2.81 bits per heavy atom. The maximum Gasteiger partial charge on any atom is 0.338 e. The molecule has 16 heavy (non-hydrogen) atoms. The van der Waals surface area contributed by atoms with Gasteiger partial charge in [0.2, 0.25) is 0 Å². The van der Waals surface area contributed by atoms with Crippen LogP contribution in [0.15, 0.2) is 30.6 Å². The van der Waals surface area contributed by atoms with E-state index in [2.05, 4.69) is 5.10 Å². The van der Waals surface area contributed by atoms with Crippen LogP contribution in [0, 0.1) is 5.82 Å². The molecule has 0 unspecified atom stereocenters. The summed E-state index contributed by atoms with van der Waals surface area (Å²) >= 11 is 0. The molecular weight excluding hydrogens is 211 g/mol. The average Bonchev–Trinajstić information content (AvgIpc) is 2.64. The summed E-state index contributed by atoms with van der Waals surface area (Å²) in [6.07, 6.45) is 3.12. The van der Waals surface area contributed by atoms with Gasteiger partial charge < -0.3 is 5.11 Å². The minimum absolute atomic E-state index is 0.244. The Labute approximate surface area is 90.9 Å². The first-order valence-corrected chi connectivity index (χ1v) is 4.60. The molecule has 1 aromatic carbocycles. The molecule has 0 saturated carbocycles. The predicted octanol–water partition coefficient (Wildman–Crippen LogP) is 1.92. The van der Waals surface area contributed by atoms with E-state index in [1.165, 1.54) is 29.1 Å². The summed E-state index contributed by atoms with van der Waals surface area (Å²) in [6.45, 7) is 0. The number of aromatic nitrogens is 2. The summed E-state index contributed by atoms with van der Waals surface area (Å²) in [6, 6.07) is 4.27. The van der Waals surface area contributed by atoms with Gasteiger partial charge in [-0.15, -0.1) is 0 Å². The molecule has 5 heteroatoms. The van der Waals surface area contributed by atoms with Crippen molar-refractivity contribution in [3.05, 3.63) is 42.0 Å². The predicted molar refractivity (Wildman–Crippen MR) is 55.6 cm³/mol. The number of carboxylic acid groups (broad SMARTS) is 1. The average molecular weight is 220 g/mol. The number of nitrogens with zero attached hydrogens (tertiary/aromatic N) is 2. The lowest BCUT2D eigenvalue weighted by Crippen LogP contribution is -2.01. The first kappa shape index (κ1) is 10.4. The summed E-state index contributed by atoms with van der Waals surface area (Å²) in [7, 11) is 1.71. The lowest BCUT2D eigenvalue weighted by atomic mass is 10.1. The highest BCUT2D eigenvalue weighted by Crippen LogP contribution is 2.24. The normalized spacial score (nSPS) is 10.4. The largest absolute Gasteiger partial charge is 0.478 e. The highest BCUT2D eigenvalue weighted by molar-refractivity contribution is 5.89. The summed E-state index contributed by atoms with van der Waals surface area (Å²) in [5.41, 5.74) is 0.470. The fourth-order valence-electron chi connectivity index (χ4n) is 1.48. The minimum atomic E-state index is -1.27. The van der Waals surface area contributed by atoms with Gasteiger partial charge in [0, 0.05) is 24.4 Å². The maximum absolute atomic E-state index is 13.8. The van der Waals surface area contributed by atoms with Crippen molar-refractivity contribution in [2.45, 2.75) is 0 Å². The minimum Gasteiger partial charge on any atom is -0.478 e. The van der Waals surface area contributed by atoms with Gasteiger partial charge in [-0.3, -0.25) is 4.68 Å². The molecule has 0 aliphatic carbocycles. The van der Waals surface area contributed by atoms with E-state index in [1.807, 2.05) is 0 Å². The standard InChI is InChI=1S/C11H9FN2O2/c1-14-6-7(5-13-14)8-3-2-4-9(10(8)12)11(15)16/h2-6H,1H3,(H,15,16). The van der Waals surface area contributed by atoms with Crippen molar-refractivity contribution in [3.8, 4) is 11.1 Å². The summed E-state index contributed by atoms with van der Waals surface area (Å²) in [5, 5.41) is 12.7. The number of carbonyl (C=O) groups is 1. The molecule has 0 radical (unpaired) electrons. The van der Waals surface area contributed by atoms with Gasteiger partial charge in [-0.2, -0.15) is 5.10 Å². The Kier molecular flexibility index (Phi) is 2.44. The number of benzene rings is 1. The third-order valence-electron chi connectivity index (χ3n) is 2.25. The molecule has 1 heterocycles. The van der Waals surface area contributed by atoms with Gasteiger partial charge in [0.25, 0.3) is 0 Å². The van der Waals surface area contributed by atoms with Crippen LogP contribution < -0.4 is 0 Å². The van der Waals surface area contributed by atoms with Crippen molar-refractivity contribution in [1.82, 2.24) is 9.78 Å². The van der Waals surface area contributed by atoms with E-state index >= 15 is 0 Å². The van der Waals surface area contributed by atoms with Crippen LogP contribution in [0.5, 0.6) is 0 Å². The molecule has 0 bridgehead atoms. The van der Waals surface area contributed by atoms with Crippen molar-refractivity contribution in [2.75, 3.05) is 0 Å². The van der Waals surface area contributed by atoms with Gasteiger partial charge >= 0.3 is 5.97 Å². The van der Waals surface area contributed by atoms with Crippen LogP contribution in [-0.4, -0.2) is 20.9 Å². The number of hydrogen-bond acceptors (Lipinski definition) is 2. The lowest BCUT2D eigenvalue weighted by molar-refractivity contribution is 0.0692. The lowest BCUT2D eigenvalue weighted by Gasteiger charge is -2.02. The molecule has 0 aliphatic rings. The quantitative estimate of drug-likeness (QED) is 0.841. The van der Waals surface area contributed by atoms with Gasteiger partial charge in [0.1, 0.15) is 5.82 Å². The summed E-state index contributed by atoms with van der Waals surface area (Å²) in [4.78, 5) is 10.7. The second kappa shape index (κ2) is 3.77. The molecular formula is C11H9FN2O2. The topological polar surface area (TPSA) is 55.1 Å². The van der Waals surface area contributed by atoms with Crippen molar-refractivity contribution < 1.29 is 14.3 Å². The van der Waals surface area contributed by atoms with Gasteiger partial charge in [0.15, 0.2) is 0 Å². The molecule has 0 aliphatic heterocycles. The van der Waals surface area contributed by atoms with Gasteiger partial charge in [-0.1, -0.05) is 12.1 Å². The Balaban J connectivity index is 2.58. The van der Waals surface area contributed by atoms with E-state index < -0.39 is 11.8 Å². The van der Waals surface area contributed by atoms with Crippen molar-refractivity contribution >= 4 is 5.97 Å². The van der Waals surface area contributed by atoms with E-state index in [0.29, 0.717) is 5.56 Å². The molecule has 1 N–H and O–H groups in total. The number of rotatable bonds is 2. The van der Waals surface area contributed by atoms with Crippen molar-refractivity contribution in [1.29, 1.82) is 0 Å². The van der Waals surface area contributed by atoms with Crippen molar-refractivity contribution in [2.24, 2.45) is 7.05 Å². The van der Waals surface area contributed by atoms with Crippen LogP contribution in [0.3, 0.4) is 0 Å². The molecule has 4 nitrogen and oxygen atoms in total. The SMILES string of the molecule is Cn1cc(-c2cccc(C(=O)O)c2F)cn1. The summed E-state index contributed by atoms with van der Waals surface area (Å²) < 4.78 is 15.3. The zero-order valence-electron chi connectivity index (χ0n) is 8.51. The van der Waals surface area contributed by atoms with E-state index in [-0.39, 0.29) is 11.1 Å². The van der Waals surface area contributed by atoms with Crippen LogP contribution in [0.1, 0.15) is 10.4 Å². The third-order valence-corrected chi connectivity index (χ3v) is 2.25. The number of hydrogen-bond donors (Lipinski definition) is 1. The van der Waals surface area contributed by atoms with E-state index in [0.717, 1.165) is 0 Å².